The van der Waals surface area contributed by atoms with Crippen LogP contribution in [0.3, 0.4) is 0 Å². The predicted molar refractivity (Wildman–Crippen MR) is 107 cm³/mol. The van der Waals surface area contributed by atoms with Crippen LogP contribution < -0.4 is 15.5 Å². The first kappa shape index (κ1) is 19.4. The molecule has 3 amide bonds. The van der Waals surface area contributed by atoms with Crippen molar-refractivity contribution in [1.82, 2.24) is 20.3 Å². The number of aromatic nitrogens is 3. The summed E-state index contributed by atoms with van der Waals surface area (Å²) >= 11 is 5.86. The van der Waals surface area contributed by atoms with Crippen LogP contribution in [0.1, 0.15) is 16.1 Å². The SMILES string of the molecule is CN(C(=O)c1ccc(Cl)cc1)c1ccc(NC(=O)NCc2cnnn2C)cc1. The van der Waals surface area contributed by atoms with E-state index in [4.69, 9.17) is 11.6 Å². The van der Waals surface area contributed by atoms with Gasteiger partial charge in [-0.3, -0.25) is 9.48 Å². The highest BCUT2D eigenvalue weighted by molar-refractivity contribution is 6.30. The van der Waals surface area contributed by atoms with Crippen LogP contribution in [0.2, 0.25) is 5.02 Å². The third-order valence-electron chi connectivity index (χ3n) is 4.15. The fourth-order valence-corrected chi connectivity index (χ4v) is 2.61. The Bertz CT molecular complexity index is 969. The Kier molecular flexibility index (Phi) is 5.90. The molecule has 0 saturated carbocycles. The van der Waals surface area contributed by atoms with E-state index in [1.54, 1.807) is 73.5 Å². The summed E-state index contributed by atoms with van der Waals surface area (Å²) in [6, 6.07) is 13.3. The van der Waals surface area contributed by atoms with E-state index in [9.17, 15) is 9.59 Å². The van der Waals surface area contributed by atoms with Crippen molar-refractivity contribution in [2.45, 2.75) is 6.54 Å². The van der Waals surface area contributed by atoms with E-state index in [0.717, 1.165) is 5.69 Å². The maximum atomic E-state index is 12.5. The zero-order chi connectivity index (χ0) is 20.1. The number of amides is 3. The second kappa shape index (κ2) is 8.53. The summed E-state index contributed by atoms with van der Waals surface area (Å²) in [6.07, 6.45) is 1.59. The maximum Gasteiger partial charge on any atom is 0.319 e. The Morgan fingerprint density at radius 3 is 2.39 bits per heavy atom. The topological polar surface area (TPSA) is 92.2 Å². The monoisotopic (exact) mass is 398 g/mol. The van der Waals surface area contributed by atoms with Crippen molar-refractivity contribution in [2.75, 3.05) is 17.3 Å². The van der Waals surface area contributed by atoms with Crippen LogP contribution in [0.25, 0.3) is 0 Å². The molecule has 3 rings (SSSR count). The molecule has 0 saturated heterocycles. The van der Waals surface area contributed by atoms with Gasteiger partial charge in [0.15, 0.2) is 0 Å². The molecule has 2 aromatic carbocycles. The molecule has 9 heteroatoms. The van der Waals surface area contributed by atoms with Gasteiger partial charge in [-0.15, -0.1) is 5.10 Å². The van der Waals surface area contributed by atoms with Crippen LogP contribution in [0, 0.1) is 0 Å². The first-order valence-electron chi connectivity index (χ1n) is 8.46. The van der Waals surface area contributed by atoms with Crippen LogP contribution in [-0.4, -0.2) is 34.0 Å². The van der Waals surface area contributed by atoms with Crippen LogP contribution in [0.4, 0.5) is 16.2 Å². The minimum absolute atomic E-state index is 0.153. The summed E-state index contributed by atoms with van der Waals surface area (Å²) in [5, 5.41) is 13.6. The third-order valence-corrected chi connectivity index (χ3v) is 4.40. The molecule has 144 valence electrons. The lowest BCUT2D eigenvalue weighted by Gasteiger charge is -2.18. The van der Waals surface area contributed by atoms with Crippen LogP contribution in [-0.2, 0) is 13.6 Å². The zero-order valence-corrected chi connectivity index (χ0v) is 16.1. The molecule has 0 radical (unpaired) electrons. The Morgan fingerprint density at radius 1 is 1.11 bits per heavy atom. The smallest absolute Gasteiger partial charge is 0.319 e. The molecule has 1 heterocycles. The number of urea groups is 1. The summed E-state index contributed by atoms with van der Waals surface area (Å²) in [7, 11) is 3.44. The number of anilines is 2. The number of aryl methyl sites for hydroxylation is 1. The number of hydrogen-bond acceptors (Lipinski definition) is 4. The fraction of sp³-hybridized carbons (Fsp3) is 0.158. The van der Waals surface area contributed by atoms with Gasteiger partial charge in [0, 0.05) is 36.1 Å². The van der Waals surface area contributed by atoms with Gasteiger partial charge in [0.2, 0.25) is 0 Å². The molecular formula is C19H19ClN6O2. The van der Waals surface area contributed by atoms with Crippen molar-refractivity contribution < 1.29 is 9.59 Å². The number of rotatable bonds is 5. The minimum Gasteiger partial charge on any atom is -0.332 e. The molecule has 0 aliphatic rings. The summed E-state index contributed by atoms with van der Waals surface area (Å²) in [5.41, 5.74) is 2.63. The molecule has 0 aliphatic heterocycles. The number of nitrogens with one attached hydrogen (secondary N) is 2. The molecule has 0 fully saturated rings. The van der Waals surface area contributed by atoms with Crippen molar-refractivity contribution in [1.29, 1.82) is 0 Å². The van der Waals surface area contributed by atoms with E-state index in [0.29, 0.717) is 28.5 Å². The van der Waals surface area contributed by atoms with Crippen LogP contribution >= 0.6 is 11.6 Å². The number of carbonyl (C=O) groups excluding carboxylic acids is 2. The highest BCUT2D eigenvalue weighted by Crippen LogP contribution is 2.19. The average molecular weight is 399 g/mol. The van der Waals surface area contributed by atoms with E-state index < -0.39 is 0 Å². The standard InChI is InChI=1S/C19H19ClN6O2/c1-25(18(27)13-3-5-14(20)6-4-13)16-9-7-15(8-10-16)23-19(28)21-11-17-12-22-24-26(17)2/h3-10,12H,11H2,1-2H3,(H2,21,23,28). The number of halogens is 1. The van der Waals surface area contributed by atoms with E-state index >= 15 is 0 Å². The molecule has 0 spiro atoms. The summed E-state index contributed by atoms with van der Waals surface area (Å²) in [4.78, 5) is 26.1. The minimum atomic E-state index is -0.348. The predicted octanol–water partition coefficient (Wildman–Crippen LogP) is 3.07. The summed E-state index contributed by atoms with van der Waals surface area (Å²) in [5.74, 6) is -0.153. The molecule has 0 bridgehead atoms. The lowest BCUT2D eigenvalue weighted by atomic mass is 10.2. The second-order valence-electron chi connectivity index (χ2n) is 6.07. The van der Waals surface area contributed by atoms with Crippen LogP contribution in [0.15, 0.2) is 54.7 Å². The molecule has 1 aromatic heterocycles. The lowest BCUT2D eigenvalue weighted by Crippen LogP contribution is -2.29. The number of benzene rings is 2. The molecule has 0 atom stereocenters. The Morgan fingerprint density at radius 2 is 1.79 bits per heavy atom. The van der Waals surface area contributed by atoms with E-state index in [1.165, 1.54) is 4.90 Å². The maximum absolute atomic E-state index is 12.5. The van der Waals surface area contributed by atoms with Crippen molar-refractivity contribution >= 4 is 34.9 Å². The Hall–Kier alpha value is -3.39. The zero-order valence-electron chi connectivity index (χ0n) is 15.4. The van der Waals surface area contributed by atoms with Gasteiger partial charge in [-0.1, -0.05) is 16.8 Å². The molecule has 28 heavy (non-hydrogen) atoms. The first-order chi connectivity index (χ1) is 13.4. The van der Waals surface area contributed by atoms with Gasteiger partial charge >= 0.3 is 6.03 Å². The van der Waals surface area contributed by atoms with Crippen molar-refractivity contribution in [3.05, 3.63) is 71.0 Å². The third kappa shape index (κ3) is 4.66. The van der Waals surface area contributed by atoms with E-state index in [1.807, 2.05) is 0 Å². The van der Waals surface area contributed by atoms with Gasteiger partial charge in [-0.2, -0.15) is 0 Å². The van der Waals surface area contributed by atoms with Crippen molar-refractivity contribution in [3.8, 4) is 0 Å². The fourth-order valence-electron chi connectivity index (χ4n) is 2.49. The molecule has 8 nitrogen and oxygen atoms in total. The van der Waals surface area contributed by atoms with Gasteiger partial charge in [0.1, 0.15) is 0 Å². The van der Waals surface area contributed by atoms with Gasteiger partial charge in [-0.25, -0.2) is 4.79 Å². The highest BCUT2D eigenvalue weighted by atomic mass is 35.5. The van der Waals surface area contributed by atoms with E-state index in [2.05, 4.69) is 20.9 Å². The van der Waals surface area contributed by atoms with Gasteiger partial charge in [0.25, 0.3) is 5.91 Å². The molecular weight excluding hydrogens is 380 g/mol. The Labute approximate surface area is 167 Å². The first-order valence-corrected chi connectivity index (χ1v) is 8.84. The largest absolute Gasteiger partial charge is 0.332 e. The number of hydrogen-bond donors (Lipinski definition) is 2. The van der Waals surface area contributed by atoms with Gasteiger partial charge < -0.3 is 15.5 Å². The van der Waals surface area contributed by atoms with Gasteiger partial charge in [0.05, 0.1) is 18.4 Å². The summed E-state index contributed by atoms with van der Waals surface area (Å²) in [6.45, 7) is 0.311. The molecule has 3 aromatic rings. The second-order valence-corrected chi connectivity index (χ2v) is 6.51. The van der Waals surface area contributed by atoms with Gasteiger partial charge in [-0.05, 0) is 48.5 Å². The summed E-state index contributed by atoms with van der Waals surface area (Å²) < 4.78 is 1.59. The Balaban J connectivity index is 1.58. The van der Waals surface area contributed by atoms with Crippen LogP contribution in [0.5, 0.6) is 0 Å². The van der Waals surface area contributed by atoms with E-state index in [-0.39, 0.29) is 11.9 Å². The average Bonchev–Trinajstić information content (AvgIpc) is 3.11. The highest BCUT2D eigenvalue weighted by Gasteiger charge is 2.13. The molecule has 0 aliphatic carbocycles. The molecule has 2 N–H and O–H groups in total. The normalized spacial score (nSPS) is 10.4. The molecule has 0 unspecified atom stereocenters. The number of carbonyl (C=O) groups is 2. The quantitative estimate of drug-likeness (QED) is 0.690. The lowest BCUT2D eigenvalue weighted by molar-refractivity contribution is 0.0993. The van der Waals surface area contributed by atoms with Crippen molar-refractivity contribution in [2.24, 2.45) is 7.05 Å². The number of nitrogens with zero attached hydrogens (tertiary/aromatic N) is 4. The van der Waals surface area contributed by atoms with Crippen molar-refractivity contribution in [3.63, 3.8) is 0 Å².